The molecule has 3 rings (SSSR count). The number of nitrogens with zero attached hydrogens (tertiary/aromatic N) is 2. The molecule has 2 aromatic heterocycles. The minimum atomic E-state index is -0.228. The van der Waals surface area contributed by atoms with Crippen molar-refractivity contribution in [2.75, 3.05) is 0 Å². The monoisotopic (exact) mass is 338 g/mol. The first-order chi connectivity index (χ1) is 8.25. The zero-order valence-corrected chi connectivity index (χ0v) is 10.9. The van der Waals surface area contributed by atoms with E-state index in [4.69, 9.17) is 0 Å². The predicted molar refractivity (Wildman–Crippen MR) is 73.7 cm³/mol. The van der Waals surface area contributed by atoms with Crippen LogP contribution in [0.5, 0.6) is 0 Å². The highest BCUT2D eigenvalue weighted by molar-refractivity contribution is 14.1. The van der Waals surface area contributed by atoms with Crippen LogP contribution in [0.15, 0.2) is 48.9 Å². The summed E-state index contributed by atoms with van der Waals surface area (Å²) >= 11 is 2.26. The molecule has 0 aliphatic heterocycles. The molecule has 2 nitrogen and oxygen atoms in total. The molecule has 84 valence electrons. The molecule has 0 unspecified atom stereocenters. The van der Waals surface area contributed by atoms with Gasteiger partial charge in [0.15, 0.2) is 0 Å². The van der Waals surface area contributed by atoms with Crippen LogP contribution >= 0.6 is 22.6 Å². The van der Waals surface area contributed by atoms with Gasteiger partial charge in [-0.3, -0.25) is 4.98 Å². The van der Waals surface area contributed by atoms with Gasteiger partial charge in [-0.05, 0) is 46.9 Å². The van der Waals surface area contributed by atoms with Crippen molar-refractivity contribution < 1.29 is 4.39 Å². The molecular weight excluding hydrogens is 330 g/mol. The molecule has 17 heavy (non-hydrogen) atoms. The van der Waals surface area contributed by atoms with Crippen molar-refractivity contribution in [1.82, 2.24) is 9.55 Å². The van der Waals surface area contributed by atoms with Gasteiger partial charge in [-0.15, -0.1) is 0 Å². The molecule has 0 radical (unpaired) electrons. The first-order valence-electron chi connectivity index (χ1n) is 5.12. The van der Waals surface area contributed by atoms with E-state index in [9.17, 15) is 4.39 Å². The summed E-state index contributed by atoms with van der Waals surface area (Å²) in [7, 11) is 0. The Morgan fingerprint density at radius 1 is 1.24 bits per heavy atom. The third-order valence-corrected chi connectivity index (χ3v) is 3.50. The Bertz CT molecular complexity index is 691. The van der Waals surface area contributed by atoms with Gasteiger partial charge in [0.2, 0.25) is 0 Å². The number of fused-ring (bicyclic) bond motifs is 1. The number of aromatic nitrogens is 2. The summed E-state index contributed by atoms with van der Waals surface area (Å²) in [5.41, 5.74) is 1.86. The molecule has 4 heteroatoms. The van der Waals surface area contributed by atoms with Crippen LogP contribution < -0.4 is 0 Å². The van der Waals surface area contributed by atoms with Crippen LogP contribution in [0.25, 0.3) is 16.6 Å². The third-order valence-electron chi connectivity index (χ3n) is 2.64. The van der Waals surface area contributed by atoms with Gasteiger partial charge < -0.3 is 4.57 Å². The lowest BCUT2D eigenvalue weighted by atomic mass is 10.3. The van der Waals surface area contributed by atoms with Crippen LogP contribution in [0.3, 0.4) is 0 Å². The first kappa shape index (κ1) is 10.7. The summed E-state index contributed by atoms with van der Waals surface area (Å²) in [6, 6.07) is 8.50. The molecule has 0 aliphatic carbocycles. The fraction of sp³-hybridized carbons (Fsp3) is 0. The predicted octanol–water partition coefficient (Wildman–Crippen LogP) is 3.77. The second-order valence-electron chi connectivity index (χ2n) is 3.72. The Hall–Kier alpha value is -1.43. The second kappa shape index (κ2) is 4.10. The Morgan fingerprint density at radius 2 is 2.12 bits per heavy atom. The number of hydrogen-bond donors (Lipinski definition) is 0. The van der Waals surface area contributed by atoms with E-state index in [1.165, 1.54) is 12.1 Å². The van der Waals surface area contributed by atoms with Gasteiger partial charge in [-0.1, -0.05) is 6.07 Å². The van der Waals surface area contributed by atoms with Crippen molar-refractivity contribution in [3.63, 3.8) is 0 Å². The van der Waals surface area contributed by atoms with Crippen molar-refractivity contribution >= 4 is 33.5 Å². The van der Waals surface area contributed by atoms with Crippen LogP contribution in [0, 0.1) is 9.39 Å². The van der Waals surface area contributed by atoms with Gasteiger partial charge in [0.1, 0.15) is 5.82 Å². The van der Waals surface area contributed by atoms with Crippen molar-refractivity contribution in [3.05, 3.63) is 58.3 Å². The van der Waals surface area contributed by atoms with Crippen molar-refractivity contribution in [3.8, 4) is 5.69 Å². The molecule has 0 bridgehead atoms. The van der Waals surface area contributed by atoms with Gasteiger partial charge >= 0.3 is 0 Å². The van der Waals surface area contributed by atoms with Crippen LogP contribution in [0.2, 0.25) is 0 Å². The van der Waals surface area contributed by atoms with Gasteiger partial charge in [0.25, 0.3) is 0 Å². The molecule has 3 aromatic rings. The molecule has 0 saturated carbocycles. The number of hydrogen-bond acceptors (Lipinski definition) is 1. The van der Waals surface area contributed by atoms with Crippen LogP contribution in [0.4, 0.5) is 4.39 Å². The molecular formula is C13H8FIN2. The summed E-state index contributed by atoms with van der Waals surface area (Å²) in [6.45, 7) is 0. The van der Waals surface area contributed by atoms with E-state index in [0.717, 1.165) is 20.2 Å². The minimum Gasteiger partial charge on any atom is -0.315 e. The lowest BCUT2D eigenvalue weighted by Gasteiger charge is -2.04. The van der Waals surface area contributed by atoms with Crippen molar-refractivity contribution in [1.29, 1.82) is 0 Å². The van der Waals surface area contributed by atoms with E-state index in [0.29, 0.717) is 0 Å². The maximum Gasteiger partial charge on any atom is 0.125 e. The third kappa shape index (κ3) is 1.82. The largest absolute Gasteiger partial charge is 0.315 e. The number of benzene rings is 1. The Morgan fingerprint density at radius 3 is 2.94 bits per heavy atom. The Labute approximate surface area is 111 Å². The Balaban J connectivity index is 2.31. The van der Waals surface area contributed by atoms with Gasteiger partial charge in [0.05, 0.1) is 5.52 Å². The lowest BCUT2D eigenvalue weighted by molar-refractivity contribution is 0.627. The minimum absolute atomic E-state index is 0.228. The highest BCUT2D eigenvalue weighted by atomic mass is 127. The summed E-state index contributed by atoms with van der Waals surface area (Å²) in [6.07, 6.45) is 5.56. The topological polar surface area (TPSA) is 17.8 Å². The smallest absolute Gasteiger partial charge is 0.125 e. The molecule has 0 atom stereocenters. The van der Waals surface area contributed by atoms with Crippen LogP contribution in [0.1, 0.15) is 0 Å². The zero-order chi connectivity index (χ0) is 11.8. The van der Waals surface area contributed by atoms with Gasteiger partial charge in [-0.25, -0.2) is 4.39 Å². The standard InChI is InChI=1S/C13H8FIN2/c14-9-2-1-3-10(6-9)17-8-12(15)11-7-16-5-4-13(11)17/h1-8H. The van der Waals surface area contributed by atoms with Crippen LogP contribution in [-0.4, -0.2) is 9.55 Å². The van der Waals surface area contributed by atoms with E-state index < -0.39 is 0 Å². The molecule has 1 aromatic carbocycles. The maximum atomic E-state index is 13.2. The summed E-state index contributed by atoms with van der Waals surface area (Å²) < 4.78 is 16.3. The number of rotatable bonds is 1. The molecule has 0 spiro atoms. The summed E-state index contributed by atoms with van der Waals surface area (Å²) in [5.74, 6) is -0.228. The quantitative estimate of drug-likeness (QED) is 0.618. The van der Waals surface area contributed by atoms with E-state index in [1.807, 2.05) is 29.1 Å². The van der Waals surface area contributed by atoms with E-state index in [1.54, 1.807) is 12.3 Å². The molecule has 0 fully saturated rings. The molecule has 0 N–H and O–H groups in total. The average Bonchev–Trinajstić information content (AvgIpc) is 2.68. The SMILES string of the molecule is Fc1cccc(-n2cc(I)c3cnccc32)c1. The lowest BCUT2D eigenvalue weighted by Crippen LogP contribution is -1.92. The van der Waals surface area contributed by atoms with Gasteiger partial charge in [-0.2, -0.15) is 0 Å². The number of pyridine rings is 1. The molecule has 0 saturated heterocycles. The van der Waals surface area contributed by atoms with Crippen molar-refractivity contribution in [2.24, 2.45) is 0 Å². The molecule has 0 amide bonds. The highest BCUT2D eigenvalue weighted by Gasteiger charge is 2.07. The van der Waals surface area contributed by atoms with E-state index >= 15 is 0 Å². The summed E-state index contributed by atoms with van der Waals surface area (Å²) in [5, 5.41) is 1.08. The number of halogens is 2. The highest BCUT2D eigenvalue weighted by Crippen LogP contribution is 2.25. The van der Waals surface area contributed by atoms with Gasteiger partial charge in [0, 0.05) is 33.2 Å². The fourth-order valence-electron chi connectivity index (χ4n) is 1.87. The Kier molecular flexibility index (Phi) is 2.58. The first-order valence-corrected chi connectivity index (χ1v) is 6.20. The van der Waals surface area contributed by atoms with E-state index in [2.05, 4.69) is 27.6 Å². The fourth-order valence-corrected chi connectivity index (χ4v) is 2.57. The molecule has 0 aliphatic rings. The summed E-state index contributed by atoms with van der Waals surface area (Å²) in [4.78, 5) is 4.11. The average molecular weight is 338 g/mol. The van der Waals surface area contributed by atoms with Crippen LogP contribution in [-0.2, 0) is 0 Å². The van der Waals surface area contributed by atoms with E-state index in [-0.39, 0.29) is 5.82 Å². The normalized spacial score (nSPS) is 10.9. The maximum absolute atomic E-state index is 13.2. The second-order valence-corrected chi connectivity index (χ2v) is 4.88. The van der Waals surface area contributed by atoms with Crippen molar-refractivity contribution in [2.45, 2.75) is 0 Å². The zero-order valence-electron chi connectivity index (χ0n) is 8.77. The molecule has 2 heterocycles.